The number of hydrogen-bond donors (Lipinski definition) is 4. The topological polar surface area (TPSA) is 110 Å². The number of thiophene rings is 1. The average Bonchev–Trinajstić information content (AvgIpc) is 2.74. The lowest BCUT2D eigenvalue weighted by Crippen LogP contribution is -2.33. The molecule has 0 bridgehead atoms. The van der Waals surface area contributed by atoms with Gasteiger partial charge in [0.15, 0.2) is 0 Å². The van der Waals surface area contributed by atoms with E-state index in [0.29, 0.717) is 23.7 Å². The Bertz CT molecular complexity index is 504. The van der Waals surface area contributed by atoms with Gasteiger partial charge in [0.1, 0.15) is 5.00 Å². The van der Waals surface area contributed by atoms with Crippen LogP contribution in [-0.4, -0.2) is 25.0 Å². The lowest BCUT2D eigenvalue weighted by Gasteiger charge is -2.11. The summed E-state index contributed by atoms with van der Waals surface area (Å²) in [6.07, 6.45) is 3.98. The Hall–Kier alpha value is -1.31. The third kappa shape index (κ3) is 3.62. The normalized spacial score (nSPS) is 13.1. The molecule has 8 heteroatoms. The molecule has 1 aliphatic carbocycles. The number of primary amides is 1. The Kier molecular flexibility index (Phi) is 6.25. The number of carbonyl (C=O) groups is 2. The largest absolute Gasteiger partial charge is 0.365 e. The van der Waals surface area contributed by atoms with Crippen LogP contribution in [-0.2, 0) is 12.8 Å². The molecule has 0 spiro atoms. The maximum absolute atomic E-state index is 11.6. The highest BCUT2D eigenvalue weighted by atomic mass is 35.5. The first-order valence-electron chi connectivity index (χ1n) is 6.32. The number of fused-ring (bicyclic) bond motifs is 1. The van der Waals surface area contributed by atoms with Crippen molar-refractivity contribution in [2.75, 3.05) is 18.4 Å². The molecule has 1 aliphatic rings. The van der Waals surface area contributed by atoms with Crippen LogP contribution in [0.4, 0.5) is 9.80 Å². The van der Waals surface area contributed by atoms with E-state index in [1.54, 1.807) is 0 Å². The zero-order valence-electron chi connectivity index (χ0n) is 11.0. The van der Waals surface area contributed by atoms with Crippen LogP contribution >= 0.6 is 23.7 Å². The van der Waals surface area contributed by atoms with Gasteiger partial charge in [-0.05, 0) is 31.2 Å². The summed E-state index contributed by atoms with van der Waals surface area (Å²) in [4.78, 5) is 24.4. The predicted molar refractivity (Wildman–Crippen MR) is 82.8 cm³/mol. The molecule has 0 fully saturated rings. The second-order valence-electron chi connectivity index (χ2n) is 4.45. The van der Waals surface area contributed by atoms with Gasteiger partial charge >= 0.3 is 6.03 Å². The molecule has 6 N–H and O–H groups in total. The number of rotatable bonds is 4. The molecule has 0 saturated carbocycles. The summed E-state index contributed by atoms with van der Waals surface area (Å²) < 4.78 is 0. The van der Waals surface area contributed by atoms with Crippen molar-refractivity contribution in [3.8, 4) is 0 Å². The van der Waals surface area contributed by atoms with Crippen LogP contribution in [0.25, 0.3) is 0 Å². The molecule has 1 heterocycles. The summed E-state index contributed by atoms with van der Waals surface area (Å²) in [5.41, 5.74) is 12.2. The van der Waals surface area contributed by atoms with Gasteiger partial charge in [-0.25, -0.2) is 4.79 Å². The van der Waals surface area contributed by atoms with E-state index >= 15 is 0 Å². The zero-order valence-corrected chi connectivity index (χ0v) is 12.7. The van der Waals surface area contributed by atoms with Crippen molar-refractivity contribution in [2.24, 2.45) is 11.5 Å². The van der Waals surface area contributed by atoms with Gasteiger partial charge in [-0.3, -0.25) is 10.1 Å². The fourth-order valence-electron chi connectivity index (χ4n) is 2.25. The lowest BCUT2D eigenvalue weighted by molar-refractivity contribution is 0.100. The fourth-order valence-corrected chi connectivity index (χ4v) is 3.54. The molecule has 0 radical (unpaired) electrons. The monoisotopic (exact) mass is 318 g/mol. The minimum Gasteiger partial charge on any atom is -0.365 e. The summed E-state index contributed by atoms with van der Waals surface area (Å²) in [6.45, 7) is 0.764. The second kappa shape index (κ2) is 7.47. The van der Waals surface area contributed by atoms with E-state index < -0.39 is 5.91 Å². The predicted octanol–water partition coefficient (Wildman–Crippen LogP) is 1.23. The van der Waals surface area contributed by atoms with Gasteiger partial charge < -0.3 is 16.8 Å². The van der Waals surface area contributed by atoms with E-state index in [0.717, 1.165) is 36.1 Å². The van der Waals surface area contributed by atoms with Crippen LogP contribution in [0.15, 0.2) is 0 Å². The van der Waals surface area contributed by atoms with E-state index in [-0.39, 0.29) is 18.4 Å². The smallest absolute Gasteiger partial charge is 0.319 e. The Morgan fingerprint density at radius 1 is 1.25 bits per heavy atom. The molecule has 0 saturated heterocycles. The van der Waals surface area contributed by atoms with Crippen molar-refractivity contribution < 1.29 is 9.59 Å². The van der Waals surface area contributed by atoms with Gasteiger partial charge in [0, 0.05) is 18.0 Å². The summed E-state index contributed by atoms with van der Waals surface area (Å²) in [7, 11) is 0. The number of hydrogen-bond acceptors (Lipinski definition) is 4. The number of anilines is 1. The third-order valence-corrected chi connectivity index (χ3v) is 4.28. The molecule has 0 aromatic carbocycles. The first-order chi connectivity index (χ1) is 9.13. The van der Waals surface area contributed by atoms with E-state index in [1.165, 1.54) is 11.3 Å². The maximum Gasteiger partial charge on any atom is 0.319 e. The molecule has 1 aromatic heterocycles. The van der Waals surface area contributed by atoms with Crippen molar-refractivity contribution in [1.29, 1.82) is 0 Å². The standard InChI is InChI=1S/C12H18N4O2S.ClH/c13-5-6-15-12(18)16-11-9(10(14)17)7-3-1-2-4-8(7)19-11;/h1-6,13H2,(H2,14,17)(H2,15,16,18);1H. The number of carbonyl (C=O) groups excluding carboxylic acids is 2. The van der Waals surface area contributed by atoms with Crippen LogP contribution in [0, 0.1) is 0 Å². The Balaban J connectivity index is 0.00000200. The van der Waals surface area contributed by atoms with Crippen molar-refractivity contribution >= 4 is 40.7 Å². The number of amides is 3. The van der Waals surface area contributed by atoms with Crippen LogP contribution in [0.3, 0.4) is 0 Å². The SMILES string of the molecule is Cl.NCCNC(=O)Nc1sc2c(c1C(N)=O)CCCC2. The molecule has 0 unspecified atom stereocenters. The molecular weight excluding hydrogens is 300 g/mol. The molecule has 2 rings (SSSR count). The fraction of sp³-hybridized carbons (Fsp3) is 0.500. The molecular formula is C12H19ClN4O2S. The molecule has 20 heavy (non-hydrogen) atoms. The number of nitrogens with two attached hydrogens (primary N) is 2. The summed E-state index contributed by atoms with van der Waals surface area (Å²) >= 11 is 1.45. The van der Waals surface area contributed by atoms with Gasteiger partial charge in [-0.15, -0.1) is 23.7 Å². The van der Waals surface area contributed by atoms with Gasteiger partial charge in [0.05, 0.1) is 5.56 Å². The first-order valence-corrected chi connectivity index (χ1v) is 7.14. The molecule has 0 aliphatic heterocycles. The number of halogens is 1. The van der Waals surface area contributed by atoms with Crippen molar-refractivity contribution in [1.82, 2.24) is 5.32 Å². The van der Waals surface area contributed by atoms with Gasteiger partial charge in [0.25, 0.3) is 5.91 Å². The molecule has 1 aromatic rings. The summed E-state index contributed by atoms with van der Waals surface area (Å²) in [6, 6.07) is -0.355. The van der Waals surface area contributed by atoms with E-state index in [9.17, 15) is 9.59 Å². The van der Waals surface area contributed by atoms with Crippen LogP contribution < -0.4 is 22.1 Å². The van der Waals surface area contributed by atoms with E-state index in [2.05, 4.69) is 10.6 Å². The quantitative estimate of drug-likeness (QED) is 0.670. The highest BCUT2D eigenvalue weighted by molar-refractivity contribution is 7.17. The van der Waals surface area contributed by atoms with E-state index in [4.69, 9.17) is 11.5 Å². The highest BCUT2D eigenvalue weighted by Gasteiger charge is 2.24. The minimum atomic E-state index is -0.478. The minimum absolute atomic E-state index is 0. The lowest BCUT2D eigenvalue weighted by atomic mass is 9.95. The van der Waals surface area contributed by atoms with Gasteiger partial charge in [0.2, 0.25) is 0 Å². The first kappa shape index (κ1) is 16.7. The maximum atomic E-state index is 11.6. The summed E-state index contributed by atoms with van der Waals surface area (Å²) in [5.74, 6) is -0.478. The molecule has 0 atom stereocenters. The molecule has 3 amide bonds. The zero-order chi connectivity index (χ0) is 13.8. The molecule has 112 valence electrons. The van der Waals surface area contributed by atoms with E-state index in [1.807, 2.05) is 0 Å². The van der Waals surface area contributed by atoms with Crippen molar-refractivity contribution in [3.05, 3.63) is 16.0 Å². The highest BCUT2D eigenvalue weighted by Crippen LogP contribution is 2.37. The third-order valence-electron chi connectivity index (χ3n) is 3.07. The van der Waals surface area contributed by atoms with Crippen molar-refractivity contribution in [3.63, 3.8) is 0 Å². The van der Waals surface area contributed by atoms with Crippen molar-refractivity contribution in [2.45, 2.75) is 25.7 Å². The molecule has 6 nitrogen and oxygen atoms in total. The average molecular weight is 319 g/mol. The Morgan fingerprint density at radius 3 is 2.60 bits per heavy atom. The summed E-state index contributed by atoms with van der Waals surface area (Å²) in [5, 5.41) is 5.85. The second-order valence-corrected chi connectivity index (χ2v) is 5.55. The Labute approximate surface area is 127 Å². The van der Waals surface area contributed by atoms with Crippen LogP contribution in [0.2, 0.25) is 0 Å². The van der Waals surface area contributed by atoms with Crippen LogP contribution in [0.5, 0.6) is 0 Å². The number of urea groups is 1. The number of aryl methyl sites for hydroxylation is 1. The number of nitrogens with one attached hydrogen (secondary N) is 2. The van der Waals surface area contributed by atoms with Crippen LogP contribution in [0.1, 0.15) is 33.6 Å². The Morgan fingerprint density at radius 2 is 1.95 bits per heavy atom. The van der Waals surface area contributed by atoms with Gasteiger partial charge in [-0.1, -0.05) is 0 Å². The van der Waals surface area contributed by atoms with Gasteiger partial charge in [-0.2, -0.15) is 0 Å².